The van der Waals surface area contributed by atoms with Gasteiger partial charge in [-0.2, -0.15) is 0 Å². The summed E-state index contributed by atoms with van der Waals surface area (Å²) in [7, 11) is 0. The first-order valence-electron chi connectivity index (χ1n) is 5.39. The molecule has 1 rings (SSSR count). The van der Waals surface area contributed by atoms with Crippen LogP contribution in [0, 0.1) is 0 Å². The maximum absolute atomic E-state index is 11.8. The number of nitrogens with zero attached hydrogens (tertiary/aromatic N) is 1. The molecule has 0 saturated carbocycles. The van der Waals surface area contributed by atoms with E-state index in [-0.39, 0.29) is 31.2 Å². The number of hydrogen-bond acceptors (Lipinski definition) is 4. The number of carbonyl (C=O) groups excluding carboxylic acids is 1. The number of nitrogens with one attached hydrogen (secondary N) is 2. The molecule has 18 heavy (non-hydrogen) atoms. The lowest BCUT2D eigenvalue weighted by Gasteiger charge is -2.19. The monoisotopic (exact) mass is 253 g/mol. The number of amides is 1. The topological polar surface area (TPSA) is 106 Å². The second kappa shape index (κ2) is 6.55. The molecule has 98 valence electrons. The smallest absolute Gasteiger partial charge is 0.325 e. The van der Waals surface area contributed by atoms with E-state index in [1.165, 1.54) is 11.0 Å². The molecule has 0 unspecified atom stereocenters. The van der Waals surface area contributed by atoms with Gasteiger partial charge in [-0.25, -0.2) is 4.79 Å². The van der Waals surface area contributed by atoms with Crippen LogP contribution in [0.25, 0.3) is 0 Å². The van der Waals surface area contributed by atoms with Gasteiger partial charge in [0, 0.05) is 24.8 Å². The first kappa shape index (κ1) is 13.9. The van der Waals surface area contributed by atoms with Crippen LogP contribution in [0.1, 0.15) is 5.69 Å². The van der Waals surface area contributed by atoms with E-state index < -0.39 is 11.2 Å². The predicted molar refractivity (Wildman–Crippen MR) is 65.3 cm³/mol. The quantitative estimate of drug-likeness (QED) is 0.543. The van der Waals surface area contributed by atoms with Gasteiger partial charge in [0.2, 0.25) is 5.91 Å². The molecule has 0 atom stereocenters. The van der Waals surface area contributed by atoms with Gasteiger partial charge in [0.25, 0.3) is 5.56 Å². The highest BCUT2D eigenvalue weighted by molar-refractivity contribution is 5.78. The maximum Gasteiger partial charge on any atom is 0.325 e. The molecular weight excluding hydrogens is 238 g/mol. The molecule has 0 aliphatic carbocycles. The Bertz CT molecular complexity index is 503. The highest BCUT2D eigenvalue weighted by Gasteiger charge is 2.13. The summed E-state index contributed by atoms with van der Waals surface area (Å²) in [5, 5.41) is 8.83. The third-order valence-corrected chi connectivity index (χ3v) is 2.23. The van der Waals surface area contributed by atoms with Crippen molar-refractivity contribution in [1.29, 1.82) is 0 Å². The number of aliphatic hydroxyl groups excluding tert-OH is 1. The molecule has 1 aromatic heterocycles. The SMILES string of the molecule is C=CCN(CCO)C(=O)Cc1cc(=O)[nH]c(=O)[nH]1. The number of rotatable bonds is 6. The van der Waals surface area contributed by atoms with E-state index in [4.69, 9.17) is 5.11 Å². The maximum atomic E-state index is 11.8. The Labute approximate surface area is 103 Å². The number of H-pyrrole nitrogens is 2. The molecular formula is C11H15N3O4. The van der Waals surface area contributed by atoms with Crippen molar-refractivity contribution in [2.45, 2.75) is 6.42 Å². The highest BCUT2D eigenvalue weighted by atomic mass is 16.3. The number of aromatic amines is 2. The Kier molecular flexibility index (Phi) is 5.06. The molecule has 0 radical (unpaired) electrons. The number of aromatic nitrogens is 2. The summed E-state index contributed by atoms with van der Waals surface area (Å²) in [6.07, 6.45) is 1.43. The summed E-state index contributed by atoms with van der Waals surface area (Å²) in [6, 6.07) is 1.16. The Morgan fingerprint density at radius 1 is 1.44 bits per heavy atom. The van der Waals surface area contributed by atoms with Gasteiger partial charge in [-0.05, 0) is 0 Å². The summed E-state index contributed by atoms with van der Waals surface area (Å²) < 4.78 is 0. The minimum absolute atomic E-state index is 0.104. The molecule has 1 amide bonds. The standard InChI is InChI=1S/C11H15N3O4/c1-2-3-14(4-5-15)10(17)7-8-6-9(16)13-11(18)12-8/h2,6,15H,1,3-5,7H2,(H2,12,13,16,18). The fourth-order valence-corrected chi connectivity index (χ4v) is 1.48. The number of aliphatic hydroxyl groups is 1. The molecule has 7 nitrogen and oxygen atoms in total. The van der Waals surface area contributed by atoms with Gasteiger partial charge >= 0.3 is 5.69 Å². The largest absolute Gasteiger partial charge is 0.395 e. The van der Waals surface area contributed by atoms with Crippen LogP contribution < -0.4 is 11.2 Å². The van der Waals surface area contributed by atoms with E-state index in [0.717, 1.165) is 6.07 Å². The zero-order valence-electron chi connectivity index (χ0n) is 9.81. The number of carbonyl (C=O) groups is 1. The summed E-state index contributed by atoms with van der Waals surface area (Å²) in [4.78, 5) is 39.7. The van der Waals surface area contributed by atoms with Crippen molar-refractivity contribution in [3.63, 3.8) is 0 Å². The van der Waals surface area contributed by atoms with Crippen molar-refractivity contribution >= 4 is 5.91 Å². The lowest BCUT2D eigenvalue weighted by atomic mass is 10.2. The summed E-state index contributed by atoms with van der Waals surface area (Å²) in [5.74, 6) is -0.301. The third kappa shape index (κ3) is 4.02. The molecule has 0 aliphatic heterocycles. The molecule has 1 aromatic rings. The van der Waals surface area contributed by atoms with E-state index in [1.807, 2.05) is 4.98 Å². The van der Waals surface area contributed by atoms with Gasteiger partial charge in [0.15, 0.2) is 0 Å². The van der Waals surface area contributed by atoms with E-state index in [9.17, 15) is 14.4 Å². The average molecular weight is 253 g/mol. The van der Waals surface area contributed by atoms with Gasteiger partial charge in [0.1, 0.15) is 0 Å². The predicted octanol–water partition coefficient (Wildman–Crippen LogP) is -1.39. The van der Waals surface area contributed by atoms with Crippen LogP contribution in [-0.4, -0.2) is 45.6 Å². The van der Waals surface area contributed by atoms with Crippen molar-refractivity contribution in [3.8, 4) is 0 Å². The second-order valence-corrected chi connectivity index (χ2v) is 3.64. The summed E-state index contributed by atoms with van der Waals surface area (Å²) in [6.45, 7) is 3.83. The third-order valence-electron chi connectivity index (χ3n) is 2.23. The molecule has 0 spiro atoms. The Balaban J connectivity index is 2.81. The van der Waals surface area contributed by atoms with Crippen LogP contribution >= 0.6 is 0 Å². The van der Waals surface area contributed by atoms with E-state index in [0.29, 0.717) is 6.54 Å². The van der Waals surface area contributed by atoms with Crippen LogP contribution in [-0.2, 0) is 11.2 Å². The Morgan fingerprint density at radius 3 is 2.72 bits per heavy atom. The normalized spacial score (nSPS) is 10.1. The van der Waals surface area contributed by atoms with E-state index >= 15 is 0 Å². The van der Waals surface area contributed by atoms with Gasteiger partial charge in [0.05, 0.1) is 13.0 Å². The molecule has 7 heteroatoms. The Morgan fingerprint density at radius 2 is 2.17 bits per heavy atom. The summed E-state index contributed by atoms with van der Waals surface area (Å²) in [5.41, 5.74) is -0.970. The minimum Gasteiger partial charge on any atom is -0.395 e. The van der Waals surface area contributed by atoms with Crippen LogP contribution in [0.3, 0.4) is 0 Å². The fourth-order valence-electron chi connectivity index (χ4n) is 1.48. The van der Waals surface area contributed by atoms with Crippen molar-refractivity contribution in [3.05, 3.63) is 45.3 Å². The molecule has 0 saturated heterocycles. The van der Waals surface area contributed by atoms with Crippen molar-refractivity contribution in [1.82, 2.24) is 14.9 Å². The molecule has 0 bridgehead atoms. The molecule has 0 fully saturated rings. The zero-order chi connectivity index (χ0) is 13.5. The van der Waals surface area contributed by atoms with E-state index in [2.05, 4.69) is 11.6 Å². The van der Waals surface area contributed by atoms with Crippen molar-refractivity contribution in [2.75, 3.05) is 19.7 Å². The zero-order valence-corrected chi connectivity index (χ0v) is 9.81. The second-order valence-electron chi connectivity index (χ2n) is 3.64. The van der Waals surface area contributed by atoms with Gasteiger partial charge in [-0.1, -0.05) is 6.08 Å². The minimum atomic E-state index is -0.650. The average Bonchev–Trinajstić information content (AvgIpc) is 2.27. The van der Waals surface area contributed by atoms with Crippen LogP contribution in [0.15, 0.2) is 28.3 Å². The highest BCUT2D eigenvalue weighted by Crippen LogP contribution is 1.97. The molecule has 1 heterocycles. The lowest BCUT2D eigenvalue weighted by Crippen LogP contribution is -2.36. The van der Waals surface area contributed by atoms with Crippen LogP contribution in [0.4, 0.5) is 0 Å². The van der Waals surface area contributed by atoms with Gasteiger partial charge in [-0.15, -0.1) is 6.58 Å². The van der Waals surface area contributed by atoms with Gasteiger partial charge < -0.3 is 15.0 Å². The van der Waals surface area contributed by atoms with Crippen molar-refractivity contribution < 1.29 is 9.90 Å². The molecule has 3 N–H and O–H groups in total. The first-order chi connectivity index (χ1) is 8.56. The van der Waals surface area contributed by atoms with Crippen LogP contribution in [0.2, 0.25) is 0 Å². The Hall–Kier alpha value is -2.15. The fraction of sp³-hybridized carbons (Fsp3) is 0.364. The summed E-state index contributed by atoms with van der Waals surface area (Å²) >= 11 is 0. The van der Waals surface area contributed by atoms with Crippen LogP contribution in [0.5, 0.6) is 0 Å². The first-order valence-corrected chi connectivity index (χ1v) is 5.39. The van der Waals surface area contributed by atoms with Crippen molar-refractivity contribution in [2.24, 2.45) is 0 Å². The lowest BCUT2D eigenvalue weighted by molar-refractivity contribution is -0.130. The van der Waals surface area contributed by atoms with Gasteiger partial charge in [-0.3, -0.25) is 14.6 Å². The molecule has 0 aliphatic rings. The van der Waals surface area contributed by atoms with E-state index in [1.54, 1.807) is 0 Å². The molecule has 0 aromatic carbocycles. The number of hydrogen-bond donors (Lipinski definition) is 3.